The molecule has 0 aliphatic carbocycles. The highest BCUT2D eigenvalue weighted by molar-refractivity contribution is 7.89. The summed E-state index contributed by atoms with van der Waals surface area (Å²) >= 11 is 5.88. The number of hydrogen-bond acceptors (Lipinski definition) is 4. The van der Waals surface area contributed by atoms with Gasteiger partial charge in [0.05, 0.1) is 4.90 Å². The van der Waals surface area contributed by atoms with Crippen LogP contribution in [0.5, 0.6) is 0 Å². The highest BCUT2D eigenvalue weighted by atomic mass is 35.5. The van der Waals surface area contributed by atoms with E-state index in [-0.39, 0.29) is 10.8 Å². The molecule has 2 fully saturated rings. The Morgan fingerprint density at radius 2 is 1.56 bits per heavy atom. The Balaban J connectivity index is 1.34. The first kappa shape index (κ1) is 23.2. The van der Waals surface area contributed by atoms with Gasteiger partial charge in [-0.1, -0.05) is 42.3 Å². The molecule has 0 aromatic heterocycles. The fourth-order valence-electron chi connectivity index (χ4n) is 4.48. The van der Waals surface area contributed by atoms with Crippen LogP contribution < -0.4 is 5.32 Å². The maximum atomic E-state index is 13.0. The van der Waals surface area contributed by atoms with Gasteiger partial charge in [-0.2, -0.15) is 4.31 Å². The number of benzene rings is 2. The molecular formula is C24H30ClN3O3S. The predicted octanol–water partition coefficient (Wildman–Crippen LogP) is 3.80. The van der Waals surface area contributed by atoms with E-state index in [2.05, 4.69) is 22.3 Å². The van der Waals surface area contributed by atoms with Crippen LogP contribution >= 0.6 is 11.6 Å². The van der Waals surface area contributed by atoms with Crippen LogP contribution in [0.15, 0.2) is 53.4 Å². The Morgan fingerprint density at radius 1 is 0.906 bits per heavy atom. The normalized spacial score (nSPS) is 20.3. The predicted molar refractivity (Wildman–Crippen MR) is 126 cm³/mol. The molecule has 6 nitrogen and oxygen atoms in total. The van der Waals surface area contributed by atoms with Crippen molar-refractivity contribution in [3.63, 3.8) is 0 Å². The first-order valence-corrected chi connectivity index (χ1v) is 13.1. The number of nitrogens with one attached hydrogen (secondary N) is 1. The first-order valence-electron chi connectivity index (χ1n) is 11.3. The van der Waals surface area contributed by atoms with E-state index >= 15 is 0 Å². The molecule has 1 N–H and O–H groups in total. The van der Waals surface area contributed by atoms with E-state index in [0.29, 0.717) is 31.0 Å². The second kappa shape index (κ2) is 10.3. The first-order chi connectivity index (χ1) is 15.4. The van der Waals surface area contributed by atoms with E-state index in [1.807, 2.05) is 12.1 Å². The van der Waals surface area contributed by atoms with Crippen LogP contribution in [0.3, 0.4) is 0 Å². The van der Waals surface area contributed by atoms with Crippen molar-refractivity contribution in [2.45, 2.75) is 56.1 Å². The fourth-order valence-corrected chi connectivity index (χ4v) is 6.26. The Morgan fingerprint density at radius 3 is 2.25 bits per heavy atom. The van der Waals surface area contributed by atoms with Gasteiger partial charge >= 0.3 is 0 Å². The molecule has 2 aromatic carbocycles. The fraction of sp³-hybridized carbons (Fsp3) is 0.458. The summed E-state index contributed by atoms with van der Waals surface area (Å²) in [6, 6.07) is 13.7. The van der Waals surface area contributed by atoms with E-state index in [1.54, 1.807) is 12.1 Å². The van der Waals surface area contributed by atoms with Crippen molar-refractivity contribution in [1.29, 1.82) is 0 Å². The largest absolute Gasteiger partial charge is 0.351 e. The third-order valence-corrected chi connectivity index (χ3v) is 8.45. The second-order valence-corrected chi connectivity index (χ2v) is 10.9. The molecule has 172 valence electrons. The highest BCUT2D eigenvalue weighted by Gasteiger charge is 2.39. The van der Waals surface area contributed by atoms with Crippen molar-refractivity contribution in [2.24, 2.45) is 0 Å². The molecule has 4 rings (SSSR count). The maximum absolute atomic E-state index is 13.0. The molecule has 0 saturated carbocycles. The number of sulfonamides is 1. The van der Waals surface area contributed by atoms with Gasteiger partial charge in [0.2, 0.25) is 15.9 Å². The number of carbonyl (C=O) groups excluding carboxylic acids is 1. The molecule has 0 bridgehead atoms. The van der Waals surface area contributed by atoms with Crippen LogP contribution in [0.2, 0.25) is 5.02 Å². The summed E-state index contributed by atoms with van der Waals surface area (Å²) in [7, 11) is -3.74. The summed E-state index contributed by atoms with van der Waals surface area (Å²) in [5.41, 5.74) is 2.28. The number of rotatable bonds is 7. The lowest BCUT2D eigenvalue weighted by molar-refractivity contribution is -0.124. The smallest absolute Gasteiger partial charge is 0.243 e. The highest BCUT2D eigenvalue weighted by Crippen LogP contribution is 2.27. The number of hydrogen-bond donors (Lipinski definition) is 1. The third-order valence-electron chi connectivity index (χ3n) is 6.27. The van der Waals surface area contributed by atoms with Crippen molar-refractivity contribution >= 4 is 27.5 Å². The van der Waals surface area contributed by atoms with Gasteiger partial charge < -0.3 is 5.32 Å². The minimum Gasteiger partial charge on any atom is -0.351 e. The topological polar surface area (TPSA) is 69.7 Å². The summed E-state index contributed by atoms with van der Waals surface area (Å²) in [4.78, 5) is 15.5. The van der Waals surface area contributed by atoms with Crippen LogP contribution in [-0.4, -0.2) is 49.2 Å². The number of likely N-dealkylation sites (tertiary alicyclic amines) is 1. The zero-order valence-corrected chi connectivity index (χ0v) is 19.7. The number of carbonyl (C=O) groups is 1. The van der Waals surface area contributed by atoms with Crippen LogP contribution in [0.25, 0.3) is 0 Å². The Hall–Kier alpha value is -1.93. The average molecular weight is 476 g/mol. The number of nitrogens with zero attached hydrogens (tertiary/aromatic N) is 2. The van der Waals surface area contributed by atoms with Crippen LogP contribution in [-0.2, 0) is 27.9 Å². The standard InChI is InChI=1S/C24H30ClN3O3S/c25-21-10-12-22(13-11-21)32(30,31)28-16-4-5-23(28)24(29)26-17-19-6-8-20(9-7-19)18-27-14-2-1-3-15-27/h6-13,23H,1-5,14-18H2,(H,26,29)/t23-/m0/s1. The number of amides is 1. The van der Waals surface area contributed by atoms with Crippen LogP contribution in [0, 0.1) is 0 Å². The van der Waals surface area contributed by atoms with Crippen molar-refractivity contribution in [3.05, 3.63) is 64.7 Å². The van der Waals surface area contributed by atoms with E-state index in [1.165, 1.54) is 41.3 Å². The molecule has 2 aliphatic heterocycles. The summed E-state index contributed by atoms with van der Waals surface area (Å²) in [6.07, 6.45) is 5.06. The van der Waals surface area contributed by atoms with Gasteiger partial charge in [-0.05, 0) is 74.2 Å². The summed E-state index contributed by atoms with van der Waals surface area (Å²) in [6.45, 7) is 4.01. The van der Waals surface area contributed by atoms with Crippen molar-refractivity contribution in [2.75, 3.05) is 19.6 Å². The van der Waals surface area contributed by atoms with Crippen LogP contribution in [0.4, 0.5) is 0 Å². The lowest BCUT2D eigenvalue weighted by atomic mass is 10.1. The van der Waals surface area contributed by atoms with Gasteiger partial charge in [0.1, 0.15) is 6.04 Å². The Kier molecular flexibility index (Phi) is 7.51. The number of halogens is 1. The second-order valence-electron chi connectivity index (χ2n) is 8.60. The van der Waals surface area contributed by atoms with Gasteiger partial charge in [-0.25, -0.2) is 8.42 Å². The summed E-state index contributed by atoms with van der Waals surface area (Å²) in [5, 5.41) is 3.40. The van der Waals surface area contributed by atoms with Crippen molar-refractivity contribution in [3.8, 4) is 0 Å². The monoisotopic (exact) mass is 475 g/mol. The number of piperidine rings is 1. The summed E-state index contributed by atoms with van der Waals surface area (Å²) in [5.74, 6) is -0.252. The Bertz CT molecular complexity index is 1020. The van der Waals surface area contributed by atoms with Crippen molar-refractivity contribution in [1.82, 2.24) is 14.5 Å². The average Bonchev–Trinajstić information content (AvgIpc) is 3.31. The zero-order valence-electron chi connectivity index (χ0n) is 18.2. The molecule has 8 heteroatoms. The molecule has 1 amide bonds. The van der Waals surface area contributed by atoms with Gasteiger partial charge in [0.25, 0.3) is 0 Å². The third kappa shape index (κ3) is 5.52. The molecule has 0 spiro atoms. The molecule has 0 radical (unpaired) electrons. The van der Waals surface area contributed by atoms with Gasteiger partial charge in [0, 0.05) is 24.7 Å². The van der Waals surface area contributed by atoms with Crippen LogP contribution in [0.1, 0.15) is 43.2 Å². The molecule has 1 atom stereocenters. The molecule has 2 heterocycles. The van der Waals surface area contributed by atoms with E-state index < -0.39 is 16.1 Å². The van der Waals surface area contributed by atoms with E-state index in [9.17, 15) is 13.2 Å². The lowest BCUT2D eigenvalue weighted by Gasteiger charge is -2.26. The molecule has 2 aromatic rings. The quantitative estimate of drug-likeness (QED) is 0.661. The van der Waals surface area contributed by atoms with Crippen molar-refractivity contribution < 1.29 is 13.2 Å². The van der Waals surface area contributed by atoms with Gasteiger partial charge in [-0.3, -0.25) is 9.69 Å². The molecule has 2 aliphatic rings. The van der Waals surface area contributed by atoms with Gasteiger partial charge in [0.15, 0.2) is 0 Å². The lowest BCUT2D eigenvalue weighted by Crippen LogP contribution is -2.45. The van der Waals surface area contributed by atoms with E-state index in [0.717, 1.165) is 25.2 Å². The SMILES string of the molecule is O=C(NCc1ccc(CN2CCCCC2)cc1)[C@@H]1CCCN1S(=O)(=O)c1ccc(Cl)cc1. The van der Waals surface area contributed by atoms with E-state index in [4.69, 9.17) is 11.6 Å². The Labute approximate surface area is 195 Å². The molecule has 0 unspecified atom stereocenters. The zero-order chi connectivity index (χ0) is 22.6. The minimum absolute atomic E-state index is 0.158. The van der Waals surface area contributed by atoms with Gasteiger partial charge in [-0.15, -0.1) is 0 Å². The molecular weight excluding hydrogens is 446 g/mol. The minimum atomic E-state index is -3.74. The maximum Gasteiger partial charge on any atom is 0.243 e. The summed E-state index contributed by atoms with van der Waals surface area (Å²) < 4.78 is 27.4. The molecule has 2 saturated heterocycles. The molecule has 32 heavy (non-hydrogen) atoms.